The summed E-state index contributed by atoms with van der Waals surface area (Å²) >= 11 is 11.7. The Hall–Kier alpha value is -0.240. The highest BCUT2D eigenvalue weighted by molar-refractivity contribution is 6.42. The van der Waals surface area contributed by atoms with E-state index in [0.29, 0.717) is 16.0 Å². The van der Waals surface area contributed by atoms with Crippen molar-refractivity contribution >= 4 is 23.2 Å². The van der Waals surface area contributed by atoms with Crippen LogP contribution in [0.5, 0.6) is 0 Å². The molecule has 0 amide bonds. The summed E-state index contributed by atoms with van der Waals surface area (Å²) in [5.74, 6) is 0.400. The zero-order valence-corrected chi connectivity index (χ0v) is 9.23. The van der Waals surface area contributed by atoms with E-state index in [9.17, 15) is 0 Å². The van der Waals surface area contributed by atoms with Crippen molar-refractivity contribution in [2.75, 3.05) is 0 Å². The van der Waals surface area contributed by atoms with Crippen LogP contribution in [0.4, 0.5) is 0 Å². The van der Waals surface area contributed by atoms with Gasteiger partial charge in [-0.25, -0.2) is 0 Å². The Morgan fingerprint density at radius 2 is 1.77 bits per heavy atom. The molecule has 0 aliphatic rings. The predicted molar refractivity (Wildman–Crippen MR) is 58.2 cm³/mol. The lowest BCUT2D eigenvalue weighted by molar-refractivity contribution is 0.514. The van der Waals surface area contributed by atoms with Crippen LogP contribution >= 0.6 is 23.2 Å². The van der Waals surface area contributed by atoms with Gasteiger partial charge in [0.1, 0.15) is 0 Å². The van der Waals surface area contributed by atoms with Gasteiger partial charge in [-0.2, -0.15) is 0 Å². The van der Waals surface area contributed by atoms with Crippen LogP contribution < -0.4 is 5.73 Å². The predicted octanol–water partition coefficient (Wildman–Crippen LogP) is 3.65. The minimum atomic E-state index is 0.0229. The fourth-order valence-corrected chi connectivity index (χ4v) is 1.41. The molecule has 1 aromatic carbocycles. The molecule has 3 heteroatoms. The molecule has 1 nitrogen and oxygen atoms in total. The summed E-state index contributed by atoms with van der Waals surface area (Å²) in [6.45, 7) is 4.15. The molecule has 1 atom stereocenters. The molecule has 0 aliphatic carbocycles. The van der Waals surface area contributed by atoms with Gasteiger partial charge >= 0.3 is 0 Å². The van der Waals surface area contributed by atoms with Gasteiger partial charge in [-0.15, -0.1) is 0 Å². The third kappa shape index (κ3) is 2.60. The molecule has 0 aromatic heterocycles. The van der Waals surface area contributed by atoms with Crippen molar-refractivity contribution in [3.05, 3.63) is 33.8 Å². The van der Waals surface area contributed by atoms with Crippen LogP contribution in [-0.4, -0.2) is 0 Å². The first-order chi connectivity index (χ1) is 6.02. The van der Waals surface area contributed by atoms with Crippen molar-refractivity contribution in [1.29, 1.82) is 0 Å². The summed E-state index contributed by atoms with van der Waals surface area (Å²) in [5.41, 5.74) is 6.99. The topological polar surface area (TPSA) is 26.0 Å². The van der Waals surface area contributed by atoms with Crippen LogP contribution in [0.3, 0.4) is 0 Å². The molecule has 0 heterocycles. The highest BCUT2D eigenvalue weighted by atomic mass is 35.5. The summed E-state index contributed by atoms with van der Waals surface area (Å²) in [6.07, 6.45) is 0. The van der Waals surface area contributed by atoms with E-state index in [4.69, 9.17) is 28.9 Å². The minimum absolute atomic E-state index is 0.0229. The van der Waals surface area contributed by atoms with Crippen molar-refractivity contribution in [2.45, 2.75) is 19.9 Å². The molecule has 0 aliphatic heterocycles. The molecule has 0 fully saturated rings. The van der Waals surface area contributed by atoms with Gasteiger partial charge < -0.3 is 5.73 Å². The number of rotatable bonds is 2. The Bertz CT molecular complexity index is 297. The summed E-state index contributed by atoms with van der Waals surface area (Å²) in [4.78, 5) is 0. The lowest BCUT2D eigenvalue weighted by Gasteiger charge is -2.16. The molecule has 0 bridgehead atoms. The Morgan fingerprint density at radius 1 is 1.15 bits per heavy atom. The second-order valence-corrected chi connectivity index (χ2v) is 4.26. The highest BCUT2D eigenvalue weighted by Gasteiger charge is 2.11. The average Bonchev–Trinajstić information content (AvgIpc) is 2.08. The summed E-state index contributed by atoms with van der Waals surface area (Å²) in [7, 11) is 0. The normalized spacial score (nSPS) is 13.4. The van der Waals surface area contributed by atoms with Gasteiger partial charge in [-0.05, 0) is 23.6 Å². The number of benzene rings is 1. The maximum atomic E-state index is 5.96. The van der Waals surface area contributed by atoms with Gasteiger partial charge in [0.2, 0.25) is 0 Å². The largest absolute Gasteiger partial charge is 0.324 e. The first-order valence-corrected chi connectivity index (χ1v) is 4.98. The zero-order valence-electron chi connectivity index (χ0n) is 7.72. The van der Waals surface area contributed by atoms with E-state index in [1.807, 2.05) is 12.1 Å². The maximum absolute atomic E-state index is 5.96. The second kappa shape index (κ2) is 4.32. The number of nitrogens with two attached hydrogens (primary N) is 1. The van der Waals surface area contributed by atoms with E-state index >= 15 is 0 Å². The third-order valence-corrected chi connectivity index (χ3v) is 2.79. The molecule has 72 valence electrons. The van der Waals surface area contributed by atoms with E-state index in [2.05, 4.69) is 13.8 Å². The molecule has 0 spiro atoms. The lowest BCUT2D eigenvalue weighted by atomic mass is 9.97. The van der Waals surface area contributed by atoms with E-state index < -0.39 is 0 Å². The fraction of sp³-hybridized carbons (Fsp3) is 0.400. The zero-order chi connectivity index (χ0) is 10.0. The van der Waals surface area contributed by atoms with Crippen molar-refractivity contribution in [2.24, 2.45) is 11.7 Å². The fourth-order valence-electron chi connectivity index (χ4n) is 1.10. The van der Waals surface area contributed by atoms with E-state index in [0.717, 1.165) is 5.56 Å². The van der Waals surface area contributed by atoms with Gasteiger partial charge in [-0.1, -0.05) is 43.1 Å². The lowest BCUT2D eigenvalue weighted by Crippen LogP contribution is -2.16. The van der Waals surface area contributed by atoms with Gasteiger partial charge in [-0.3, -0.25) is 0 Å². The first-order valence-electron chi connectivity index (χ1n) is 4.23. The van der Waals surface area contributed by atoms with Crippen LogP contribution in [0.25, 0.3) is 0 Å². The monoisotopic (exact) mass is 217 g/mol. The quantitative estimate of drug-likeness (QED) is 0.805. The van der Waals surface area contributed by atoms with Crippen molar-refractivity contribution in [1.82, 2.24) is 0 Å². The molecule has 0 radical (unpaired) electrons. The Balaban J connectivity index is 2.97. The molecular weight excluding hydrogens is 205 g/mol. The minimum Gasteiger partial charge on any atom is -0.324 e. The van der Waals surface area contributed by atoms with Crippen LogP contribution in [-0.2, 0) is 0 Å². The second-order valence-electron chi connectivity index (χ2n) is 3.44. The molecule has 0 saturated heterocycles. The molecule has 1 unspecified atom stereocenters. The van der Waals surface area contributed by atoms with Crippen LogP contribution in [0.15, 0.2) is 18.2 Å². The Morgan fingerprint density at radius 3 is 2.23 bits per heavy atom. The highest BCUT2D eigenvalue weighted by Crippen LogP contribution is 2.27. The SMILES string of the molecule is CC(C)C(N)c1ccc(Cl)c(Cl)c1. The standard InChI is InChI=1S/C10H13Cl2N/c1-6(2)10(13)7-3-4-8(11)9(12)5-7/h3-6,10H,13H2,1-2H3. The summed E-state index contributed by atoms with van der Waals surface area (Å²) in [6, 6.07) is 5.55. The Labute approximate surface area is 88.8 Å². The van der Waals surface area contributed by atoms with Gasteiger partial charge in [0.05, 0.1) is 10.0 Å². The van der Waals surface area contributed by atoms with Gasteiger partial charge in [0.15, 0.2) is 0 Å². The molecule has 2 N–H and O–H groups in total. The summed E-state index contributed by atoms with van der Waals surface area (Å²) in [5, 5.41) is 1.14. The van der Waals surface area contributed by atoms with Crippen molar-refractivity contribution in [3.8, 4) is 0 Å². The van der Waals surface area contributed by atoms with Crippen molar-refractivity contribution in [3.63, 3.8) is 0 Å². The molecule has 1 rings (SSSR count). The van der Waals surface area contributed by atoms with Gasteiger partial charge in [0.25, 0.3) is 0 Å². The molecular formula is C10H13Cl2N. The summed E-state index contributed by atoms with van der Waals surface area (Å²) < 4.78 is 0. The Kier molecular flexibility index (Phi) is 3.60. The van der Waals surface area contributed by atoms with Crippen LogP contribution in [0, 0.1) is 5.92 Å². The number of hydrogen-bond acceptors (Lipinski definition) is 1. The van der Waals surface area contributed by atoms with E-state index in [1.54, 1.807) is 6.07 Å². The molecule has 0 saturated carbocycles. The van der Waals surface area contributed by atoms with E-state index in [1.165, 1.54) is 0 Å². The number of halogens is 2. The first kappa shape index (κ1) is 10.8. The smallest absolute Gasteiger partial charge is 0.0595 e. The molecule has 13 heavy (non-hydrogen) atoms. The molecule has 1 aromatic rings. The van der Waals surface area contributed by atoms with Crippen molar-refractivity contribution < 1.29 is 0 Å². The van der Waals surface area contributed by atoms with Gasteiger partial charge in [0, 0.05) is 6.04 Å². The van der Waals surface area contributed by atoms with E-state index in [-0.39, 0.29) is 6.04 Å². The third-order valence-electron chi connectivity index (χ3n) is 2.05. The van der Waals surface area contributed by atoms with Crippen LogP contribution in [0.1, 0.15) is 25.5 Å². The average molecular weight is 218 g/mol. The van der Waals surface area contributed by atoms with Crippen LogP contribution in [0.2, 0.25) is 10.0 Å². The number of hydrogen-bond donors (Lipinski definition) is 1. The maximum Gasteiger partial charge on any atom is 0.0595 e.